The molecule has 1 aromatic carbocycles. The Morgan fingerprint density at radius 1 is 1.11 bits per heavy atom. The first-order valence-corrected chi connectivity index (χ1v) is 10.9. The van der Waals surface area contributed by atoms with E-state index in [1.807, 2.05) is 0 Å². The maximum absolute atomic E-state index is 13.5. The third-order valence-electron chi connectivity index (χ3n) is 7.18. The van der Waals surface area contributed by atoms with E-state index >= 15 is 0 Å². The minimum absolute atomic E-state index is 0.107. The number of hydrogen-bond donors (Lipinski definition) is 0. The van der Waals surface area contributed by atoms with Crippen LogP contribution in [0.25, 0.3) is 0 Å². The van der Waals surface area contributed by atoms with E-state index in [0.29, 0.717) is 11.9 Å². The summed E-state index contributed by atoms with van der Waals surface area (Å²) in [5.41, 5.74) is 2.43. The van der Waals surface area contributed by atoms with Crippen LogP contribution < -0.4 is 0 Å². The fraction of sp³-hybridized carbons (Fsp3) is 0.696. The first-order valence-electron chi connectivity index (χ1n) is 10.9. The molecule has 4 nitrogen and oxygen atoms in total. The van der Waals surface area contributed by atoms with E-state index in [1.54, 1.807) is 0 Å². The molecule has 0 N–H and O–H groups in total. The van der Waals surface area contributed by atoms with Gasteiger partial charge >= 0.3 is 0 Å². The molecule has 3 saturated heterocycles. The highest BCUT2D eigenvalue weighted by Crippen LogP contribution is 2.42. The van der Waals surface area contributed by atoms with Crippen molar-refractivity contribution in [2.75, 3.05) is 39.3 Å². The predicted molar refractivity (Wildman–Crippen MR) is 110 cm³/mol. The molecule has 4 rings (SSSR count). The van der Waals surface area contributed by atoms with Gasteiger partial charge in [0.15, 0.2) is 0 Å². The van der Waals surface area contributed by atoms with Crippen molar-refractivity contribution in [3.05, 3.63) is 35.4 Å². The lowest BCUT2D eigenvalue weighted by molar-refractivity contribution is -0.146. The van der Waals surface area contributed by atoms with Crippen LogP contribution in [-0.4, -0.2) is 65.9 Å². The Morgan fingerprint density at radius 3 is 2.67 bits per heavy atom. The fourth-order valence-electron chi connectivity index (χ4n) is 5.53. The number of aryl methyl sites for hydroxylation is 1. The third-order valence-corrected chi connectivity index (χ3v) is 7.18. The Kier molecular flexibility index (Phi) is 5.56. The van der Waals surface area contributed by atoms with Crippen LogP contribution in [0.5, 0.6) is 0 Å². The van der Waals surface area contributed by atoms with Crippen LogP contribution in [0, 0.1) is 12.3 Å². The van der Waals surface area contributed by atoms with Crippen molar-refractivity contribution in [3.8, 4) is 0 Å². The van der Waals surface area contributed by atoms with E-state index in [1.165, 1.54) is 43.6 Å². The van der Waals surface area contributed by atoms with E-state index in [-0.39, 0.29) is 5.41 Å². The topological polar surface area (TPSA) is 26.8 Å². The highest BCUT2D eigenvalue weighted by Gasteiger charge is 2.49. The van der Waals surface area contributed by atoms with Gasteiger partial charge in [0.1, 0.15) is 0 Å². The highest BCUT2D eigenvalue weighted by atomic mass is 16.2. The van der Waals surface area contributed by atoms with Crippen molar-refractivity contribution < 1.29 is 4.79 Å². The molecule has 3 aliphatic heterocycles. The van der Waals surface area contributed by atoms with Crippen molar-refractivity contribution in [1.29, 1.82) is 0 Å². The van der Waals surface area contributed by atoms with Crippen molar-refractivity contribution in [2.24, 2.45) is 5.41 Å². The fourth-order valence-corrected chi connectivity index (χ4v) is 5.53. The Balaban J connectivity index is 1.40. The summed E-state index contributed by atoms with van der Waals surface area (Å²) in [5, 5.41) is 0. The first kappa shape index (κ1) is 18.9. The zero-order chi connectivity index (χ0) is 18.9. The van der Waals surface area contributed by atoms with E-state index in [9.17, 15) is 4.79 Å². The van der Waals surface area contributed by atoms with Crippen LogP contribution in [0.15, 0.2) is 24.3 Å². The number of piperidine rings is 2. The molecule has 3 heterocycles. The molecular weight excluding hydrogens is 334 g/mol. The molecule has 148 valence electrons. The molecule has 0 radical (unpaired) electrons. The zero-order valence-corrected chi connectivity index (χ0v) is 17.1. The number of likely N-dealkylation sites (tertiary alicyclic amines) is 3. The van der Waals surface area contributed by atoms with Gasteiger partial charge in [-0.1, -0.05) is 36.8 Å². The summed E-state index contributed by atoms with van der Waals surface area (Å²) in [6.07, 6.45) is 5.83. The van der Waals surface area contributed by atoms with Gasteiger partial charge in [0, 0.05) is 25.7 Å². The first-order chi connectivity index (χ1) is 13.1. The Hall–Kier alpha value is -1.39. The molecule has 1 amide bonds. The molecule has 0 saturated carbocycles. The van der Waals surface area contributed by atoms with Crippen molar-refractivity contribution in [2.45, 2.75) is 58.5 Å². The number of nitrogens with zero attached hydrogens (tertiary/aromatic N) is 3. The monoisotopic (exact) mass is 369 g/mol. The SMILES string of the molecule is CCN1CCC(N2CCC3(CCCN(Cc4cccc(C)c4)C3=O)C2)CC1. The van der Waals surface area contributed by atoms with Crippen LogP contribution in [0.1, 0.15) is 50.2 Å². The summed E-state index contributed by atoms with van der Waals surface area (Å²) in [5.74, 6) is 0.420. The molecule has 1 spiro atoms. The second-order valence-electron chi connectivity index (χ2n) is 8.99. The largest absolute Gasteiger partial charge is 0.338 e. The van der Waals surface area contributed by atoms with Crippen LogP contribution in [-0.2, 0) is 11.3 Å². The molecule has 0 aliphatic carbocycles. The smallest absolute Gasteiger partial charge is 0.230 e. The summed E-state index contributed by atoms with van der Waals surface area (Å²) in [7, 11) is 0. The molecule has 1 atom stereocenters. The highest BCUT2D eigenvalue weighted by molar-refractivity contribution is 5.84. The van der Waals surface area contributed by atoms with Gasteiger partial charge < -0.3 is 9.80 Å². The molecule has 3 fully saturated rings. The molecule has 3 aliphatic rings. The second-order valence-corrected chi connectivity index (χ2v) is 8.99. The lowest BCUT2D eigenvalue weighted by Gasteiger charge is -2.41. The Labute approximate surface area is 164 Å². The summed E-state index contributed by atoms with van der Waals surface area (Å²) >= 11 is 0. The van der Waals surface area contributed by atoms with E-state index < -0.39 is 0 Å². The summed E-state index contributed by atoms with van der Waals surface area (Å²) in [6.45, 7) is 11.8. The van der Waals surface area contributed by atoms with Gasteiger partial charge in [0.05, 0.1) is 5.41 Å². The van der Waals surface area contributed by atoms with Crippen LogP contribution in [0.2, 0.25) is 0 Å². The third kappa shape index (κ3) is 3.93. The minimum Gasteiger partial charge on any atom is -0.338 e. The summed E-state index contributed by atoms with van der Waals surface area (Å²) in [4.78, 5) is 20.8. The Morgan fingerprint density at radius 2 is 1.93 bits per heavy atom. The number of benzene rings is 1. The molecule has 1 aromatic rings. The lowest BCUT2D eigenvalue weighted by atomic mass is 9.78. The van der Waals surface area contributed by atoms with Crippen molar-refractivity contribution >= 4 is 5.91 Å². The number of carbonyl (C=O) groups excluding carboxylic acids is 1. The van der Waals surface area contributed by atoms with Crippen LogP contribution >= 0.6 is 0 Å². The molecule has 27 heavy (non-hydrogen) atoms. The standard InChI is InChI=1S/C23H35N3O/c1-3-24-13-8-21(9-14-24)26-15-11-23(18-26)10-5-12-25(22(23)27)17-20-7-4-6-19(2)16-20/h4,6-7,16,21H,3,5,8-15,17-18H2,1-2H3. The average molecular weight is 370 g/mol. The molecule has 4 heteroatoms. The number of hydrogen-bond acceptors (Lipinski definition) is 3. The molecular formula is C23H35N3O. The normalized spacial score (nSPS) is 28.4. The molecule has 0 bridgehead atoms. The summed E-state index contributed by atoms with van der Waals surface area (Å²) < 4.78 is 0. The second kappa shape index (κ2) is 7.92. The minimum atomic E-state index is -0.107. The average Bonchev–Trinajstić information content (AvgIpc) is 3.11. The predicted octanol–water partition coefficient (Wildman–Crippen LogP) is 3.29. The molecule has 0 aromatic heterocycles. The maximum atomic E-state index is 13.5. The summed E-state index contributed by atoms with van der Waals surface area (Å²) in [6, 6.07) is 9.30. The van der Waals surface area contributed by atoms with Gasteiger partial charge in [0.25, 0.3) is 0 Å². The van der Waals surface area contributed by atoms with E-state index in [0.717, 1.165) is 45.4 Å². The van der Waals surface area contributed by atoms with Gasteiger partial charge in [-0.15, -0.1) is 0 Å². The lowest BCUT2D eigenvalue weighted by Crippen LogP contribution is -2.51. The number of carbonyl (C=O) groups is 1. The van der Waals surface area contributed by atoms with Gasteiger partial charge in [-0.05, 0) is 70.8 Å². The van der Waals surface area contributed by atoms with Crippen molar-refractivity contribution in [3.63, 3.8) is 0 Å². The van der Waals surface area contributed by atoms with Gasteiger partial charge in [0.2, 0.25) is 5.91 Å². The van der Waals surface area contributed by atoms with E-state index in [2.05, 4.69) is 52.8 Å². The van der Waals surface area contributed by atoms with Gasteiger partial charge in [-0.2, -0.15) is 0 Å². The van der Waals surface area contributed by atoms with Gasteiger partial charge in [-0.25, -0.2) is 0 Å². The number of rotatable bonds is 4. The maximum Gasteiger partial charge on any atom is 0.230 e. The van der Waals surface area contributed by atoms with E-state index in [4.69, 9.17) is 0 Å². The van der Waals surface area contributed by atoms with Crippen LogP contribution in [0.4, 0.5) is 0 Å². The Bertz CT molecular complexity index is 667. The number of amides is 1. The zero-order valence-electron chi connectivity index (χ0n) is 17.1. The van der Waals surface area contributed by atoms with Crippen molar-refractivity contribution in [1.82, 2.24) is 14.7 Å². The molecule has 1 unspecified atom stereocenters. The quantitative estimate of drug-likeness (QED) is 0.815. The van der Waals surface area contributed by atoms with Gasteiger partial charge in [-0.3, -0.25) is 9.69 Å². The van der Waals surface area contributed by atoms with Crippen LogP contribution in [0.3, 0.4) is 0 Å².